The summed E-state index contributed by atoms with van der Waals surface area (Å²) in [6.07, 6.45) is 2.25. The Kier molecular flexibility index (Phi) is 3.90. The summed E-state index contributed by atoms with van der Waals surface area (Å²) >= 11 is 0. The van der Waals surface area contributed by atoms with E-state index in [0.717, 1.165) is 32.5 Å². The molecule has 14 heavy (non-hydrogen) atoms. The molecule has 0 unspecified atom stereocenters. The van der Waals surface area contributed by atoms with Crippen LogP contribution in [0.25, 0.3) is 0 Å². The standard InChI is InChI=1S/C10H17N3O/c1-12-5-3-9(4-6-12)8-13(2)10(14)7-11/h9H,3-6,8H2,1-2H3. The summed E-state index contributed by atoms with van der Waals surface area (Å²) in [4.78, 5) is 14.8. The van der Waals surface area contributed by atoms with Gasteiger partial charge in [0.1, 0.15) is 0 Å². The van der Waals surface area contributed by atoms with Crippen LogP contribution in [0.3, 0.4) is 0 Å². The van der Waals surface area contributed by atoms with Gasteiger partial charge in [-0.3, -0.25) is 4.79 Å². The van der Waals surface area contributed by atoms with Crippen LogP contribution in [0, 0.1) is 17.2 Å². The number of nitrogens with zero attached hydrogens (tertiary/aromatic N) is 3. The van der Waals surface area contributed by atoms with Gasteiger partial charge >= 0.3 is 5.91 Å². The van der Waals surface area contributed by atoms with Gasteiger partial charge in [0, 0.05) is 13.6 Å². The van der Waals surface area contributed by atoms with Gasteiger partial charge < -0.3 is 9.80 Å². The molecule has 1 fully saturated rings. The van der Waals surface area contributed by atoms with Crippen LogP contribution in [-0.2, 0) is 4.79 Å². The van der Waals surface area contributed by atoms with E-state index in [1.165, 1.54) is 4.90 Å². The fourth-order valence-corrected chi connectivity index (χ4v) is 1.80. The minimum absolute atomic E-state index is 0.427. The van der Waals surface area contributed by atoms with Gasteiger partial charge in [-0.15, -0.1) is 0 Å². The molecule has 0 saturated carbocycles. The van der Waals surface area contributed by atoms with Crippen LogP contribution in [0.4, 0.5) is 0 Å². The Morgan fingerprint density at radius 3 is 2.64 bits per heavy atom. The van der Waals surface area contributed by atoms with Crippen LogP contribution < -0.4 is 0 Å². The Balaban J connectivity index is 2.31. The highest BCUT2D eigenvalue weighted by Crippen LogP contribution is 2.16. The number of carbonyl (C=O) groups is 1. The van der Waals surface area contributed by atoms with Gasteiger partial charge in [-0.1, -0.05) is 0 Å². The number of carbonyl (C=O) groups excluding carboxylic acids is 1. The summed E-state index contributed by atoms with van der Waals surface area (Å²) < 4.78 is 0. The first kappa shape index (κ1) is 11.0. The minimum Gasteiger partial charge on any atom is -0.333 e. The van der Waals surface area contributed by atoms with E-state index in [1.54, 1.807) is 13.1 Å². The van der Waals surface area contributed by atoms with Gasteiger partial charge in [-0.25, -0.2) is 0 Å². The predicted octanol–water partition coefficient (Wildman–Crippen LogP) is 0.310. The first-order valence-corrected chi connectivity index (χ1v) is 4.97. The van der Waals surface area contributed by atoms with Crippen molar-refractivity contribution in [3.8, 4) is 6.07 Å². The summed E-state index contributed by atoms with van der Waals surface area (Å²) in [5.74, 6) is 0.137. The molecule has 0 bridgehead atoms. The van der Waals surface area contributed by atoms with Crippen LogP contribution >= 0.6 is 0 Å². The van der Waals surface area contributed by atoms with Crippen molar-refractivity contribution in [3.05, 3.63) is 0 Å². The fourth-order valence-electron chi connectivity index (χ4n) is 1.80. The Morgan fingerprint density at radius 2 is 2.14 bits per heavy atom. The summed E-state index contributed by atoms with van der Waals surface area (Å²) in [6.45, 7) is 2.92. The molecule has 0 aromatic carbocycles. The summed E-state index contributed by atoms with van der Waals surface area (Å²) in [6, 6.07) is 1.64. The van der Waals surface area contributed by atoms with Crippen LogP contribution in [0.5, 0.6) is 0 Å². The van der Waals surface area contributed by atoms with E-state index in [1.807, 2.05) is 0 Å². The lowest BCUT2D eigenvalue weighted by Crippen LogP contribution is -2.37. The average molecular weight is 195 g/mol. The molecule has 1 aliphatic heterocycles. The highest BCUT2D eigenvalue weighted by molar-refractivity contribution is 5.90. The molecule has 0 atom stereocenters. The van der Waals surface area contributed by atoms with Crippen molar-refractivity contribution < 1.29 is 4.79 Å². The maximum absolute atomic E-state index is 11.0. The van der Waals surface area contributed by atoms with Crippen molar-refractivity contribution in [1.82, 2.24) is 9.80 Å². The van der Waals surface area contributed by atoms with Crippen molar-refractivity contribution in [2.24, 2.45) is 5.92 Å². The molecule has 4 heteroatoms. The zero-order valence-corrected chi connectivity index (χ0v) is 8.86. The fraction of sp³-hybridized carbons (Fsp3) is 0.800. The minimum atomic E-state index is -0.427. The van der Waals surface area contributed by atoms with Gasteiger partial charge in [-0.2, -0.15) is 5.26 Å². The quantitative estimate of drug-likeness (QED) is 0.596. The third kappa shape index (κ3) is 3.00. The molecule has 0 aromatic heterocycles. The Hall–Kier alpha value is -1.08. The molecule has 1 heterocycles. The molecule has 0 aliphatic carbocycles. The Labute approximate surface area is 85.1 Å². The topological polar surface area (TPSA) is 47.3 Å². The van der Waals surface area contributed by atoms with Crippen LogP contribution in [0.15, 0.2) is 0 Å². The van der Waals surface area contributed by atoms with Crippen molar-refractivity contribution >= 4 is 5.91 Å². The second-order valence-electron chi connectivity index (χ2n) is 4.04. The lowest BCUT2D eigenvalue weighted by Gasteiger charge is -2.30. The second-order valence-corrected chi connectivity index (χ2v) is 4.04. The van der Waals surface area contributed by atoms with Crippen molar-refractivity contribution in [2.45, 2.75) is 12.8 Å². The number of piperidine rings is 1. The molecular formula is C10H17N3O. The van der Waals surface area contributed by atoms with Crippen LogP contribution in [0.1, 0.15) is 12.8 Å². The number of rotatable bonds is 2. The lowest BCUT2D eigenvalue weighted by atomic mass is 9.97. The zero-order valence-electron chi connectivity index (χ0n) is 8.86. The van der Waals surface area contributed by atoms with E-state index in [0.29, 0.717) is 5.92 Å². The SMILES string of the molecule is CN1CCC(CN(C)C(=O)C#N)CC1. The van der Waals surface area contributed by atoms with Crippen LogP contribution in [0.2, 0.25) is 0 Å². The first-order chi connectivity index (χ1) is 6.63. The highest BCUT2D eigenvalue weighted by atomic mass is 16.2. The van der Waals surface area contributed by atoms with Crippen LogP contribution in [-0.4, -0.2) is 49.4 Å². The largest absolute Gasteiger partial charge is 0.333 e. The number of likely N-dealkylation sites (tertiary alicyclic amines) is 1. The maximum atomic E-state index is 11.0. The molecule has 4 nitrogen and oxygen atoms in total. The van der Waals surface area contributed by atoms with E-state index in [-0.39, 0.29) is 0 Å². The van der Waals surface area contributed by atoms with Gasteiger partial charge in [0.2, 0.25) is 0 Å². The maximum Gasteiger partial charge on any atom is 0.324 e. The molecule has 0 N–H and O–H groups in total. The smallest absolute Gasteiger partial charge is 0.324 e. The molecule has 0 spiro atoms. The molecular weight excluding hydrogens is 178 g/mol. The predicted molar refractivity (Wildman–Crippen MR) is 53.5 cm³/mol. The normalized spacial score (nSPS) is 18.9. The molecule has 1 aliphatic rings. The number of hydrogen-bond acceptors (Lipinski definition) is 3. The van der Waals surface area contributed by atoms with Gasteiger partial charge in [-0.05, 0) is 38.9 Å². The number of hydrogen-bond donors (Lipinski definition) is 0. The van der Waals surface area contributed by atoms with E-state index in [9.17, 15) is 4.79 Å². The van der Waals surface area contributed by atoms with Gasteiger partial charge in [0.25, 0.3) is 0 Å². The summed E-state index contributed by atoms with van der Waals surface area (Å²) in [5.41, 5.74) is 0. The molecule has 1 rings (SSSR count). The first-order valence-electron chi connectivity index (χ1n) is 4.97. The van der Waals surface area contributed by atoms with Gasteiger partial charge in [0.15, 0.2) is 6.07 Å². The third-order valence-corrected chi connectivity index (χ3v) is 2.81. The van der Waals surface area contributed by atoms with Crippen molar-refractivity contribution in [3.63, 3.8) is 0 Å². The number of nitriles is 1. The van der Waals surface area contributed by atoms with Gasteiger partial charge in [0.05, 0.1) is 0 Å². The molecule has 0 radical (unpaired) electrons. The van der Waals surface area contributed by atoms with E-state index in [2.05, 4.69) is 11.9 Å². The van der Waals surface area contributed by atoms with E-state index in [4.69, 9.17) is 5.26 Å². The van der Waals surface area contributed by atoms with Crippen molar-refractivity contribution in [1.29, 1.82) is 5.26 Å². The zero-order chi connectivity index (χ0) is 10.6. The molecule has 78 valence electrons. The summed E-state index contributed by atoms with van der Waals surface area (Å²) in [5, 5.41) is 8.43. The molecule has 1 saturated heterocycles. The highest BCUT2D eigenvalue weighted by Gasteiger charge is 2.19. The lowest BCUT2D eigenvalue weighted by molar-refractivity contribution is -0.124. The summed E-state index contributed by atoms with van der Waals surface area (Å²) in [7, 11) is 3.81. The monoisotopic (exact) mass is 195 g/mol. The van der Waals surface area contributed by atoms with E-state index < -0.39 is 5.91 Å². The second kappa shape index (κ2) is 4.97. The molecule has 0 aromatic rings. The van der Waals surface area contributed by atoms with Crippen molar-refractivity contribution in [2.75, 3.05) is 33.7 Å². The Morgan fingerprint density at radius 1 is 1.57 bits per heavy atom. The van der Waals surface area contributed by atoms with E-state index >= 15 is 0 Å². The Bertz CT molecular complexity index is 238. The molecule has 1 amide bonds. The third-order valence-electron chi connectivity index (χ3n) is 2.81. The number of amides is 1. The average Bonchev–Trinajstić information content (AvgIpc) is 2.20.